The zero-order chi connectivity index (χ0) is 16.5. The van der Waals surface area contributed by atoms with E-state index in [0.717, 1.165) is 18.9 Å². The predicted molar refractivity (Wildman–Crippen MR) is 99.3 cm³/mol. The van der Waals surface area contributed by atoms with Gasteiger partial charge in [-0.1, -0.05) is 45.7 Å². The predicted octanol–water partition coefficient (Wildman–Crippen LogP) is 5.22. The standard InChI is InChI=1S/C17H36O2Si2/c1-18-17(19-2)14-10-9-12-16(21(6,7)8)13-11-15-20(3,4)5/h16-17H,9-10,12,14-15H2,1-8H3. The molecular weight excluding hydrogens is 292 g/mol. The Hall–Kier alpha value is -0.0862. The Labute approximate surface area is 135 Å². The van der Waals surface area contributed by atoms with Gasteiger partial charge in [0.25, 0.3) is 0 Å². The smallest absolute Gasteiger partial charge is 0.156 e. The second-order valence-corrected chi connectivity index (χ2v) is 19.1. The van der Waals surface area contributed by atoms with Crippen LogP contribution in [0.2, 0.25) is 50.9 Å². The molecule has 0 radical (unpaired) electrons. The average molecular weight is 329 g/mol. The molecule has 21 heavy (non-hydrogen) atoms. The zero-order valence-corrected chi connectivity index (χ0v) is 17.5. The van der Waals surface area contributed by atoms with Crippen LogP contribution in [0.5, 0.6) is 0 Å². The molecule has 0 aromatic heterocycles. The Morgan fingerprint density at radius 3 is 1.81 bits per heavy atom. The maximum Gasteiger partial charge on any atom is 0.156 e. The summed E-state index contributed by atoms with van der Waals surface area (Å²) in [6.07, 6.45) is 4.54. The van der Waals surface area contributed by atoms with Crippen LogP contribution in [0.4, 0.5) is 0 Å². The van der Waals surface area contributed by atoms with Gasteiger partial charge in [-0.15, -0.1) is 11.8 Å². The van der Waals surface area contributed by atoms with Crippen LogP contribution in [0.15, 0.2) is 0 Å². The van der Waals surface area contributed by atoms with E-state index in [-0.39, 0.29) is 6.29 Å². The lowest BCUT2D eigenvalue weighted by Gasteiger charge is -2.24. The molecule has 1 unspecified atom stereocenters. The van der Waals surface area contributed by atoms with Crippen molar-refractivity contribution < 1.29 is 9.47 Å². The Bertz CT molecular complexity index is 327. The zero-order valence-electron chi connectivity index (χ0n) is 15.5. The normalized spacial score (nSPS) is 14.0. The van der Waals surface area contributed by atoms with E-state index in [2.05, 4.69) is 51.1 Å². The first-order chi connectivity index (χ1) is 9.60. The lowest BCUT2D eigenvalue weighted by Crippen LogP contribution is -2.27. The quantitative estimate of drug-likeness (QED) is 0.250. The summed E-state index contributed by atoms with van der Waals surface area (Å²) in [6.45, 7) is 14.5. The summed E-state index contributed by atoms with van der Waals surface area (Å²) in [4.78, 5) is 0. The van der Waals surface area contributed by atoms with Crippen molar-refractivity contribution in [2.45, 2.75) is 82.8 Å². The van der Waals surface area contributed by atoms with E-state index in [1.165, 1.54) is 12.8 Å². The molecule has 0 saturated heterocycles. The summed E-state index contributed by atoms with van der Waals surface area (Å²) in [7, 11) is 1.18. The first kappa shape index (κ1) is 20.9. The Kier molecular flexibility index (Phi) is 9.79. The minimum absolute atomic E-state index is 0.0479. The van der Waals surface area contributed by atoms with Gasteiger partial charge in [-0.2, -0.15) is 0 Å². The first-order valence-electron chi connectivity index (χ1n) is 8.14. The van der Waals surface area contributed by atoms with Crippen molar-refractivity contribution in [3.63, 3.8) is 0 Å². The fourth-order valence-electron chi connectivity index (χ4n) is 2.15. The minimum atomic E-state index is -1.20. The fourth-order valence-corrected chi connectivity index (χ4v) is 4.39. The molecule has 0 bridgehead atoms. The van der Waals surface area contributed by atoms with Gasteiger partial charge in [0.1, 0.15) is 0 Å². The number of unbranched alkanes of at least 4 members (excludes halogenated alkanes) is 1. The highest BCUT2D eigenvalue weighted by Gasteiger charge is 2.24. The van der Waals surface area contributed by atoms with Crippen LogP contribution in [0.1, 0.15) is 25.7 Å². The van der Waals surface area contributed by atoms with Crippen molar-refractivity contribution in [1.29, 1.82) is 0 Å². The molecule has 1 atom stereocenters. The third-order valence-electron chi connectivity index (χ3n) is 3.65. The number of methoxy groups -OCH3 is 2. The monoisotopic (exact) mass is 328 g/mol. The summed E-state index contributed by atoms with van der Waals surface area (Å²) in [5.41, 5.74) is 0.623. The van der Waals surface area contributed by atoms with Gasteiger partial charge in [-0.05, 0) is 19.3 Å². The van der Waals surface area contributed by atoms with Crippen LogP contribution in [-0.2, 0) is 9.47 Å². The van der Waals surface area contributed by atoms with Crippen molar-refractivity contribution in [2.24, 2.45) is 0 Å². The molecule has 0 rings (SSSR count). The van der Waals surface area contributed by atoms with E-state index in [4.69, 9.17) is 9.47 Å². The highest BCUT2D eigenvalue weighted by atomic mass is 28.3. The molecule has 0 spiro atoms. The van der Waals surface area contributed by atoms with Crippen molar-refractivity contribution in [3.05, 3.63) is 0 Å². The molecule has 0 N–H and O–H groups in total. The summed E-state index contributed by atoms with van der Waals surface area (Å²) in [5, 5.41) is 0. The van der Waals surface area contributed by atoms with Crippen LogP contribution in [0.25, 0.3) is 0 Å². The number of hydrogen-bond donors (Lipinski definition) is 0. The van der Waals surface area contributed by atoms with Gasteiger partial charge in [0.15, 0.2) is 6.29 Å². The SMILES string of the molecule is COC(CCCCC(C#CC[Si](C)(C)C)[Si](C)(C)C)OC. The largest absolute Gasteiger partial charge is 0.356 e. The molecule has 0 saturated carbocycles. The van der Waals surface area contributed by atoms with Crippen molar-refractivity contribution >= 4 is 16.1 Å². The third kappa shape index (κ3) is 11.2. The highest BCUT2D eigenvalue weighted by Crippen LogP contribution is 2.27. The molecular formula is C17H36O2Si2. The van der Waals surface area contributed by atoms with Crippen LogP contribution < -0.4 is 0 Å². The minimum Gasteiger partial charge on any atom is -0.356 e. The molecule has 0 aromatic rings. The maximum atomic E-state index is 5.24. The van der Waals surface area contributed by atoms with Gasteiger partial charge >= 0.3 is 0 Å². The second kappa shape index (κ2) is 9.83. The van der Waals surface area contributed by atoms with Crippen LogP contribution >= 0.6 is 0 Å². The molecule has 0 fully saturated rings. The molecule has 0 aliphatic heterocycles. The third-order valence-corrected chi connectivity index (χ3v) is 7.41. The van der Waals surface area contributed by atoms with Crippen molar-refractivity contribution in [1.82, 2.24) is 0 Å². The van der Waals surface area contributed by atoms with Gasteiger partial charge in [0, 0.05) is 25.8 Å². The van der Waals surface area contributed by atoms with Gasteiger partial charge in [-0.3, -0.25) is 0 Å². The Morgan fingerprint density at radius 1 is 0.857 bits per heavy atom. The molecule has 0 heterocycles. The summed E-state index contributed by atoms with van der Waals surface area (Å²) >= 11 is 0. The highest BCUT2D eigenvalue weighted by molar-refractivity contribution is 6.78. The molecule has 0 aliphatic rings. The summed E-state index contributed by atoms with van der Waals surface area (Å²) < 4.78 is 10.5. The molecule has 124 valence electrons. The van der Waals surface area contributed by atoms with E-state index in [9.17, 15) is 0 Å². The fraction of sp³-hybridized carbons (Fsp3) is 0.882. The van der Waals surface area contributed by atoms with E-state index < -0.39 is 16.1 Å². The number of rotatable bonds is 9. The Morgan fingerprint density at radius 2 is 1.38 bits per heavy atom. The van der Waals surface area contributed by atoms with Gasteiger partial charge < -0.3 is 9.47 Å². The average Bonchev–Trinajstić information content (AvgIpc) is 2.34. The van der Waals surface area contributed by atoms with Crippen LogP contribution in [-0.4, -0.2) is 36.7 Å². The van der Waals surface area contributed by atoms with Crippen molar-refractivity contribution in [2.75, 3.05) is 14.2 Å². The second-order valence-electron chi connectivity index (χ2n) is 8.16. The number of hydrogen-bond acceptors (Lipinski definition) is 2. The van der Waals surface area contributed by atoms with Gasteiger partial charge in [0.2, 0.25) is 0 Å². The lowest BCUT2D eigenvalue weighted by molar-refractivity contribution is -0.107. The van der Waals surface area contributed by atoms with Crippen LogP contribution in [0, 0.1) is 11.8 Å². The van der Waals surface area contributed by atoms with E-state index >= 15 is 0 Å². The van der Waals surface area contributed by atoms with Crippen LogP contribution in [0.3, 0.4) is 0 Å². The lowest BCUT2D eigenvalue weighted by atomic mass is 10.1. The van der Waals surface area contributed by atoms with Gasteiger partial charge in [-0.25, -0.2) is 0 Å². The van der Waals surface area contributed by atoms with E-state index in [1.54, 1.807) is 14.2 Å². The maximum absolute atomic E-state index is 5.24. The number of ether oxygens (including phenoxy) is 2. The topological polar surface area (TPSA) is 18.5 Å². The summed E-state index contributed by atoms with van der Waals surface area (Å²) in [6, 6.07) is 1.13. The molecule has 0 amide bonds. The van der Waals surface area contributed by atoms with Crippen molar-refractivity contribution in [3.8, 4) is 11.8 Å². The Balaban J connectivity index is 4.33. The molecule has 0 aliphatic carbocycles. The molecule has 2 nitrogen and oxygen atoms in total. The van der Waals surface area contributed by atoms with Gasteiger partial charge in [0.05, 0.1) is 16.1 Å². The van der Waals surface area contributed by atoms with E-state index in [0.29, 0.717) is 5.54 Å². The molecule has 4 heteroatoms. The summed E-state index contributed by atoms with van der Waals surface area (Å²) in [5.74, 6) is 7.12. The first-order valence-corrected chi connectivity index (χ1v) is 15.4. The van der Waals surface area contributed by atoms with E-state index in [1.807, 2.05) is 0 Å². The molecule has 0 aromatic carbocycles.